The molecular weight excluding hydrogens is 197 g/mol. The maximum Gasteiger partial charge on any atom is 0.573 e. The lowest BCUT2D eigenvalue weighted by molar-refractivity contribution is -0.274. The number of nitrogens with one attached hydrogen (secondary N) is 1. The third-order valence-corrected chi connectivity index (χ3v) is 1.53. The predicted molar refractivity (Wildman–Crippen MR) is 47.1 cm³/mol. The monoisotopic (exact) mass is 206 g/mol. The van der Waals surface area contributed by atoms with Crippen molar-refractivity contribution in [2.75, 3.05) is 18.1 Å². The molecule has 0 unspecified atom stereocenters. The Morgan fingerprint density at radius 1 is 1.36 bits per heavy atom. The third-order valence-electron chi connectivity index (χ3n) is 1.53. The SMILES string of the molecule is CNc1cc(OC(F)(F)F)ccc1N. The average Bonchev–Trinajstić information content (AvgIpc) is 2.06. The van der Waals surface area contributed by atoms with E-state index in [1.54, 1.807) is 7.05 Å². The maximum absolute atomic E-state index is 11.8. The van der Waals surface area contributed by atoms with E-state index >= 15 is 0 Å². The summed E-state index contributed by atoms with van der Waals surface area (Å²) in [6, 6.07) is 3.68. The first kappa shape index (κ1) is 10.5. The van der Waals surface area contributed by atoms with Gasteiger partial charge in [-0.25, -0.2) is 0 Å². The first-order valence-electron chi connectivity index (χ1n) is 3.75. The first-order chi connectivity index (χ1) is 6.42. The molecule has 1 rings (SSSR count). The highest BCUT2D eigenvalue weighted by Gasteiger charge is 2.31. The van der Waals surface area contributed by atoms with E-state index in [-0.39, 0.29) is 5.75 Å². The number of nitrogens with two attached hydrogens (primary N) is 1. The Bertz CT molecular complexity index is 325. The van der Waals surface area contributed by atoms with Gasteiger partial charge in [-0.15, -0.1) is 13.2 Å². The number of ether oxygens (including phenoxy) is 1. The van der Waals surface area contributed by atoms with E-state index in [0.29, 0.717) is 11.4 Å². The molecule has 0 aliphatic heterocycles. The summed E-state index contributed by atoms with van der Waals surface area (Å²) in [7, 11) is 1.56. The van der Waals surface area contributed by atoms with Crippen LogP contribution in [-0.4, -0.2) is 13.4 Å². The van der Waals surface area contributed by atoms with Gasteiger partial charge in [-0.1, -0.05) is 0 Å². The summed E-state index contributed by atoms with van der Waals surface area (Å²) < 4.78 is 39.1. The molecule has 0 radical (unpaired) electrons. The Kier molecular flexibility index (Phi) is 2.73. The summed E-state index contributed by atoms with van der Waals surface area (Å²) in [5, 5.41) is 2.65. The summed E-state index contributed by atoms with van der Waals surface area (Å²) in [6.07, 6.45) is -4.68. The highest BCUT2D eigenvalue weighted by Crippen LogP contribution is 2.28. The fraction of sp³-hybridized carbons (Fsp3) is 0.250. The molecular formula is C8H9F3N2O. The van der Waals surface area contributed by atoms with Gasteiger partial charge in [-0.3, -0.25) is 0 Å². The molecule has 0 spiro atoms. The van der Waals surface area contributed by atoms with Crippen molar-refractivity contribution in [3.63, 3.8) is 0 Å². The lowest BCUT2D eigenvalue weighted by atomic mass is 10.2. The van der Waals surface area contributed by atoms with E-state index in [4.69, 9.17) is 5.73 Å². The quantitative estimate of drug-likeness (QED) is 0.729. The fourth-order valence-electron chi connectivity index (χ4n) is 0.949. The van der Waals surface area contributed by atoms with Crippen LogP contribution in [-0.2, 0) is 0 Å². The normalized spacial score (nSPS) is 11.1. The van der Waals surface area contributed by atoms with Gasteiger partial charge in [-0.05, 0) is 12.1 Å². The van der Waals surface area contributed by atoms with Crippen molar-refractivity contribution >= 4 is 11.4 Å². The number of alkyl halides is 3. The zero-order chi connectivity index (χ0) is 10.8. The van der Waals surface area contributed by atoms with Crippen LogP contribution in [0.5, 0.6) is 5.75 Å². The number of hydrogen-bond acceptors (Lipinski definition) is 3. The second-order valence-electron chi connectivity index (χ2n) is 2.55. The standard InChI is InChI=1S/C8H9F3N2O/c1-13-7-4-5(2-3-6(7)12)14-8(9,10)11/h2-4,13H,12H2,1H3. The van der Waals surface area contributed by atoms with Gasteiger partial charge in [-0.2, -0.15) is 0 Å². The summed E-state index contributed by atoms with van der Waals surface area (Å²) in [5.41, 5.74) is 6.22. The van der Waals surface area contributed by atoms with Gasteiger partial charge in [0.15, 0.2) is 0 Å². The van der Waals surface area contributed by atoms with Crippen LogP contribution < -0.4 is 15.8 Å². The number of benzene rings is 1. The van der Waals surface area contributed by atoms with Crippen molar-refractivity contribution < 1.29 is 17.9 Å². The summed E-state index contributed by atoms with van der Waals surface area (Å²) in [6.45, 7) is 0. The van der Waals surface area contributed by atoms with Crippen molar-refractivity contribution in [3.05, 3.63) is 18.2 Å². The Hall–Kier alpha value is -1.59. The number of hydrogen-bond donors (Lipinski definition) is 2. The third kappa shape index (κ3) is 2.72. The highest BCUT2D eigenvalue weighted by atomic mass is 19.4. The molecule has 0 amide bonds. The number of nitrogen functional groups attached to an aromatic ring is 1. The molecule has 78 valence electrons. The Labute approximate surface area is 78.7 Å². The molecule has 0 aliphatic carbocycles. The molecule has 0 heterocycles. The average molecular weight is 206 g/mol. The van der Waals surface area contributed by atoms with Crippen LogP contribution >= 0.6 is 0 Å². The Morgan fingerprint density at radius 2 is 2.00 bits per heavy atom. The maximum atomic E-state index is 11.8. The predicted octanol–water partition coefficient (Wildman–Crippen LogP) is 2.21. The van der Waals surface area contributed by atoms with Crippen molar-refractivity contribution in [3.8, 4) is 5.75 Å². The molecule has 1 aromatic rings. The van der Waals surface area contributed by atoms with Crippen LogP contribution in [0, 0.1) is 0 Å². The van der Waals surface area contributed by atoms with Gasteiger partial charge >= 0.3 is 6.36 Å². The molecule has 3 nitrogen and oxygen atoms in total. The molecule has 0 saturated heterocycles. The second kappa shape index (κ2) is 3.65. The second-order valence-corrected chi connectivity index (χ2v) is 2.55. The first-order valence-corrected chi connectivity index (χ1v) is 3.75. The van der Waals surface area contributed by atoms with Gasteiger partial charge in [0.25, 0.3) is 0 Å². The van der Waals surface area contributed by atoms with E-state index in [0.717, 1.165) is 6.07 Å². The van der Waals surface area contributed by atoms with Crippen molar-refractivity contribution in [2.24, 2.45) is 0 Å². The largest absolute Gasteiger partial charge is 0.573 e. The number of anilines is 2. The van der Waals surface area contributed by atoms with Crippen LogP contribution in [0.25, 0.3) is 0 Å². The zero-order valence-corrected chi connectivity index (χ0v) is 7.35. The molecule has 0 saturated carbocycles. The van der Waals surface area contributed by atoms with Crippen LogP contribution in [0.4, 0.5) is 24.5 Å². The van der Waals surface area contributed by atoms with Crippen molar-refractivity contribution in [2.45, 2.75) is 6.36 Å². The van der Waals surface area contributed by atoms with Gasteiger partial charge in [0, 0.05) is 13.1 Å². The van der Waals surface area contributed by atoms with Crippen molar-refractivity contribution in [1.82, 2.24) is 0 Å². The molecule has 1 aromatic carbocycles. The summed E-state index contributed by atoms with van der Waals surface area (Å²) in [4.78, 5) is 0. The minimum Gasteiger partial charge on any atom is -0.406 e. The minimum absolute atomic E-state index is 0.295. The lowest BCUT2D eigenvalue weighted by Crippen LogP contribution is -2.17. The number of halogens is 3. The van der Waals surface area contributed by atoms with Crippen LogP contribution in [0.15, 0.2) is 18.2 Å². The van der Waals surface area contributed by atoms with Crippen LogP contribution in [0.3, 0.4) is 0 Å². The van der Waals surface area contributed by atoms with Crippen LogP contribution in [0.2, 0.25) is 0 Å². The van der Waals surface area contributed by atoms with E-state index in [2.05, 4.69) is 10.1 Å². The highest BCUT2D eigenvalue weighted by molar-refractivity contribution is 5.67. The fourth-order valence-corrected chi connectivity index (χ4v) is 0.949. The Balaban J connectivity index is 2.90. The summed E-state index contributed by atoms with van der Waals surface area (Å²) in [5.74, 6) is -0.295. The van der Waals surface area contributed by atoms with Gasteiger partial charge in [0.1, 0.15) is 5.75 Å². The van der Waals surface area contributed by atoms with E-state index in [1.807, 2.05) is 0 Å². The minimum atomic E-state index is -4.68. The molecule has 3 N–H and O–H groups in total. The summed E-state index contributed by atoms with van der Waals surface area (Å²) >= 11 is 0. The molecule has 0 aliphatic rings. The van der Waals surface area contributed by atoms with E-state index in [9.17, 15) is 13.2 Å². The molecule has 14 heavy (non-hydrogen) atoms. The van der Waals surface area contributed by atoms with Crippen molar-refractivity contribution in [1.29, 1.82) is 0 Å². The van der Waals surface area contributed by atoms with Gasteiger partial charge in [0.2, 0.25) is 0 Å². The molecule has 0 fully saturated rings. The zero-order valence-electron chi connectivity index (χ0n) is 7.35. The van der Waals surface area contributed by atoms with Gasteiger partial charge in [0.05, 0.1) is 11.4 Å². The number of rotatable bonds is 2. The van der Waals surface area contributed by atoms with Gasteiger partial charge < -0.3 is 15.8 Å². The molecule has 0 atom stereocenters. The Morgan fingerprint density at radius 3 is 2.50 bits per heavy atom. The smallest absolute Gasteiger partial charge is 0.406 e. The van der Waals surface area contributed by atoms with E-state index in [1.165, 1.54) is 12.1 Å². The lowest BCUT2D eigenvalue weighted by Gasteiger charge is -2.11. The molecule has 0 bridgehead atoms. The van der Waals surface area contributed by atoms with E-state index < -0.39 is 6.36 Å². The van der Waals surface area contributed by atoms with Crippen LogP contribution in [0.1, 0.15) is 0 Å². The molecule has 0 aromatic heterocycles. The topological polar surface area (TPSA) is 47.3 Å². The molecule has 6 heteroatoms.